The molecule has 1 spiro atoms. The molecular formula is C31H31F2N5O5S. The summed E-state index contributed by atoms with van der Waals surface area (Å²) in [4.78, 5) is 42.3. The van der Waals surface area contributed by atoms with Crippen molar-refractivity contribution in [3.63, 3.8) is 0 Å². The van der Waals surface area contributed by atoms with E-state index in [0.29, 0.717) is 29.9 Å². The number of nitrogen functional groups attached to an aromatic ring is 1. The Kier molecular flexibility index (Phi) is 7.50. The van der Waals surface area contributed by atoms with Crippen molar-refractivity contribution in [2.45, 2.75) is 44.1 Å². The molecule has 2 fully saturated rings. The lowest BCUT2D eigenvalue weighted by molar-refractivity contribution is -0.152. The number of nitrogens with one attached hydrogen (secondary N) is 3. The molecule has 10 nitrogen and oxygen atoms in total. The molecule has 2 aromatic carbocycles. The molecule has 0 radical (unpaired) electrons. The van der Waals surface area contributed by atoms with Crippen molar-refractivity contribution in [1.82, 2.24) is 15.5 Å². The number of likely N-dealkylation sites (tertiary alicyclic amines) is 1. The second-order valence-electron chi connectivity index (χ2n) is 11.2. The second-order valence-corrected chi connectivity index (χ2v) is 12.2. The number of nitrogens with two attached hydrogens (primary N) is 1. The van der Waals surface area contributed by atoms with Crippen LogP contribution in [0.15, 0.2) is 47.8 Å². The van der Waals surface area contributed by atoms with Crippen molar-refractivity contribution in [3.05, 3.63) is 80.5 Å². The van der Waals surface area contributed by atoms with Gasteiger partial charge in [-0.05, 0) is 48.7 Å². The molecule has 0 saturated carbocycles. The number of carbonyl (C=O) groups excluding carboxylic acids is 3. The molecule has 2 aliphatic heterocycles. The predicted octanol–water partition coefficient (Wildman–Crippen LogP) is 3.41. The van der Waals surface area contributed by atoms with Crippen LogP contribution in [0.1, 0.15) is 56.9 Å². The van der Waals surface area contributed by atoms with Crippen LogP contribution in [0.25, 0.3) is 11.1 Å². The average molecular weight is 624 g/mol. The van der Waals surface area contributed by atoms with Crippen LogP contribution < -0.4 is 16.4 Å². The normalized spacial score (nSPS) is 19.8. The summed E-state index contributed by atoms with van der Waals surface area (Å²) in [5, 5.41) is 14.9. The standard InChI is InChI=1S/C31H31F2N5O5S/c1-16-9-23-21(19-5-3-4-6-22(19)31(23,32)33)11-20(16)28(40)36-13-26(39)38-15-30(42-7-8-43-30)12-24(38)29(41)37-17(2)25-10-18(14-44-25)27(34)35/h3-6,9-11,14,17,24H,7-8,12-13,15H2,1-2H3,(H3,34,35)(H,36,40)(H,37,41)/t17-,24+/m1/s1. The fourth-order valence-corrected chi connectivity index (χ4v) is 6.98. The van der Waals surface area contributed by atoms with Gasteiger partial charge >= 0.3 is 0 Å². The Bertz CT molecular complexity index is 1690. The maximum absolute atomic E-state index is 15.1. The number of nitrogens with zero attached hydrogens (tertiary/aromatic N) is 1. The lowest BCUT2D eigenvalue weighted by Crippen LogP contribution is -2.49. The van der Waals surface area contributed by atoms with E-state index in [1.54, 1.807) is 43.5 Å². The van der Waals surface area contributed by atoms with Gasteiger partial charge in [0.2, 0.25) is 11.8 Å². The fourth-order valence-electron chi connectivity index (χ4n) is 6.07. The average Bonchev–Trinajstić information content (AvgIpc) is 3.79. The number of ether oxygens (including phenoxy) is 2. The maximum atomic E-state index is 15.1. The van der Waals surface area contributed by atoms with Gasteiger partial charge in [-0.3, -0.25) is 19.8 Å². The zero-order valence-corrected chi connectivity index (χ0v) is 24.9. The monoisotopic (exact) mass is 623 g/mol. The number of benzene rings is 2. The zero-order valence-electron chi connectivity index (χ0n) is 24.0. The van der Waals surface area contributed by atoms with Crippen molar-refractivity contribution >= 4 is 34.9 Å². The third-order valence-corrected chi connectivity index (χ3v) is 9.46. The molecule has 0 unspecified atom stereocenters. The molecule has 2 atom stereocenters. The largest absolute Gasteiger partial charge is 0.384 e. The number of amidine groups is 1. The van der Waals surface area contributed by atoms with E-state index in [-0.39, 0.29) is 41.1 Å². The van der Waals surface area contributed by atoms with Crippen molar-refractivity contribution in [1.29, 1.82) is 5.41 Å². The molecule has 1 aliphatic carbocycles. The van der Waals surface area contributed by atoms with Crippen LogP contribution in [0.4, 0.5) is 8.78 Å². The molecule has 230 valence electrons. The summed E-state index contributed by atoms with van der Waals surface area (Å²) >= 11 is 1.36. The first-order valence-electron chi connectivity index (χ1n) is 14.1. The molecule has 3 heterocycles. The van der Waals surface area contributed by atoms with Crippen LogP contribution in [0.3, 0.4) is 0 Å². The van der Waals surface area contributed by atoms with Gasteiger partial charge in [-0.1, -0.05) is 24.3 Å². The molecule has 3 amide bonds. The first-order chi connectivity index (χ1) is 20.9. The number of thiophene rings is 1. The van der Waals surface area contributed by atoms with Crippen LogP contribution in [-0.2, 0) is 25.0 Å². The van der Waals surface area contributed by atoms with E-state index in [1.807, 2.05) is 0 Å². The molecule has 2 saturated heterocycles. The van der Waals surface area contributed by atoms with Gasteiger partial charge < -0.3 is 30.7 Å². The number of hydrogen-bond donors (Lipinski definition) is 4. The smallest absolute Gasteiger partial charge is 0.299 e. The highest BCUT2D eigenvalue weighted by Gasteiger charge is 2.52. The first kappa shape index (κ1) is 29.9. The van der Waals surface area contributed by atoms with Gasteiger partial charge in [0.15, 0.2) is 5.79 Å². The number of aryl methyl sites for hydroxylation is 1. The van der Waals surface area contributed by atoms with Gasteiger partial charge in [0, 0.05) is 38.9 Å². The number of rotatable bonds is 7. The van der Waals surface area contributed by atoms with Gasteiger partial charge in [-0.25, -0.2) is 0 Å². The molecule has 13 heteroatoms. The lowest BCUT2D eigenvalue weighted by atomic mass is 9.97. The quantitative estimate of drug-likeness (QED) is 0.234. The number of carbonyl (C=O) groups is 3. The highest BCUT2D eigenvalue weighted by Crippen LogP contribution is 2.51. The lowest BCUT2D eigenvalue weighted by Gasteiger charge is -2.25. The molecule has 6 rings (SSSR count). The third-order valence-electron chi connectivity index (χ3n) is 8.35. The SMILES string of the molecule is Cc1cc2c(cc1C(=O)NCC(=O)N1CC3(C[C@H]1C(=O)N[C@H](C)c1cc(C(=N)N)cs1)OCCO3)-c1ccccc1C2(F)F. The summed E-state index contributed by atoms with van der Waals surface area (Å²) < 4.78 is 41.8. The van der Waals surface area contributed by atoms with Crippen molar-refractivity contribution in [2.24, 2.45) is 5.73 Å². The Hall–Kier alpha value is -4.20. The van der Waals surface area contributed by atoms with Gasteiger partial charge in [0.1, 0.15) is 11.9 Å². The number of halogens is 2. The number of amides is 3. The van der Waals surface area contributed by atoms with E-state index in [2.05, 4.69) is 10.6 Å². The maximum Gasteiger partial charge on any atom is 0.299 e. The molecule has 0 bridgehead atoms. The van der Waals surface area contributed by atoms with Gasteiger partial charge in [0.05, 0.1) is 32.3 Å². The minimum absolute atomic E-state index is 0.00535. The van der Waals surface area contributed by atoms with Crippen LogP contribution in [0.2, 0.25) is 0 Å². The molecule has 1 aromatic heterocycles. The molecule has 44 heavy (non-hydrogen) atoms. The highest BCUT2D eigenvalue weighted by molar-refractivity contribution is 7.10. The van der Waals surface area contributed by atoms with E-state index in [0.717, 1.165) is 4.88 Å². The van der Waals surface area contributed by atoms with Crippen LogP contribution in [0, 0.1) is 12.3 Å². The number of hydrogen-bond acceptors (Lipinski definition) is 7. The zero-order chi connectivity index (χ0) is 31.4. The van der Waals surface area contributed by atoms with E-state index in [4.69, 9.17) is 20.6 Å². The second kappa shape index (κ2) is 11.1. The van der Waals surface area contributed by atoms with Crippen LogP contribution in [0.5, 0.6) is 0 Å². The van der Waals surface area contributed by atoms with Crippen LogP contribution >= 0.6 is 11.3 Å². The summed E-state index contributed by atoms with van der Waals surface area (Å²) in [6.07, 6.45) is 0.117. The van der Waals surface area contributed by atoms with Gasteiger partial charge in [-0.15, -0.1) is 11.3 Å². The Morgan fingerprint density at radius 1 is 1.14 bits per heavy atom. The summed E-state index contributed by atoms with van der Waals surface area (Å²) in [5.74, 6) is -5.90. The predicted molar refractivity (Wildman–Crippen MR) is 159 cm³/mol. The van der Waals surface area contributed by atoms with Crippen molar-refractivity contribution in [3.8, 4) is 11.1 Å². The Balaban J connectivity index is 1.17. The van der Waals surface area contributed by atoms with Crippen molar-refractivity contribution < 1.29 is 32.6 Å². The van der Waals surface area contributed by atoms with E-state index in [1.165, 1.54) is 34.4 Å². The number of alkyl halides is 2. The molecule has 3 aromatic rings. The van der Waals surface area contributed by atoms with E-state index in [9.17, 15) is 14.4 Å². The minimum atomic E-state index is -3.18. The Morgan fingerprint density at radius 3 is 2.57 bits per heavy atom. The fraction of sp³-hybridized carbons (Fsp3) is 0.355. The first-order valence-corrected chi connectivity index (χ1v) is 15.0. The van der Waals surface area contributed by atoms with Crippen LogP contribution in [-0.4, -0.2) is 66.6 Å². The molecule has 5 N–H and O–H groups in total. The summed E-state index contributed by atoms with van der Waals surface area (Å²) in [6, 6.07) is 9.34. The van der Waals surface area contributed by atoms with Gasteiger partial charge in [-0.2, -0.15) is 8.78 Å². The number of fused-ring (bicyclic) bond motifs is 3. The Morgan fingerprint density at radius 2 is 1.86 bits per heavy atom. The molecule has 3 aliphatic rings. The molecular weight excluding hydrogens is 592 g/mol. The van der Waals surface area contributed by atoms with Crippen molar-refractivity contribution in [2.75, 3.05) is 26.3 Å². The Labute approximate surface area is 256 Å². The summed E-state index contributed by atoms with van der Waals surface area (Å²) in [6.45, 7) is 3.60. The van der Waals surface area contributed by atoms with Gasteiger partial charge in [0.25, 0.3) is 11.8 Å². The topological polar surface area (TPSA) is 147 Å². The van der Waals surface area contributed by atoms with E-state index >= 15 is 8.78 Å². The van der Waals surface area contributed by atoms with E-state index < -0.39 is 48.1 Å². The summed E-state index contributed by atoms with van der Waals surface area (Å²) in [5.41, 5.74) is 7.01. The third kappa shape index (κ3) is 5.14. The summed E-state index contributed by atoms with van der Waals surface area (Å²) in [7, 11) is 0. The minimum Gasteiger partial charge on any atom is -0.384 e. The highest BCUT2D eigenvalue weighted by atomic mass is 32.1.